The van der Waals surface area contributed by atoms with Gasteiger partial charge in [0.15, 0.2) is 0 Å². The van der Waals surface area contributed by atoms with Gasteiger partial charge in [-0.15, -0.1) is 10.2 Å². The van der Waals surface area contributed by atoms with Crippen molar-refractivity contribution >= 4 is 21.8 Å². The molecule has 0 fully saturated rings. The Balaban J connectivity index is 1.64. The van der Waals surface area contributed by atoms with Crippen LogP contribution in [0, 0.1) is 0 Å². The second-order valence-electron chi connectivity index (χ2n) is 4.92. The van der Waals surface area contributed by atoms with Crippen molar-refractivity contribution in [3.63, 3.8) is 0 Å². The summed E-state index contributed by atoms with van der Waals surface area (Å²) in [5.74, 6) is 1.27. The summed E-state index contributed by atoms with van der Waals surface area (Å²) < 4.78 is 11.5. The molecule has 3 rings (SSSR count). The number of amides is 1. The van der Waals surface area contributed by atoms with Crippen LogP contribution in [-0.4, -0.2) is 23.2 Å². The average Bonchev–Trinajstić information content (AvgIpc) is 3.09. The molecular weight excluding hydrogens is 374 g/mol. The van der Waals surface area contributed by atoms with Crippen LogP contribution in [-0.2, 0) is 6.54 Å². The third-order valence-electron chi connectivity index (χ3n) is 3.29. The quantitative estimate of drug-likeness (QED) is 0.725. The van der Waals surface area contributed by atoms with E-state index >= 15 is 0 Å². The molecule has 122 valence electrons. The molecule has 2 aromatic carbocycles. The molecule has 0 atom stereocenters. The van der Waals surface area contributed by atoms with Crippen LogP contribution in [0.4, 0.5) is 0 Å². The third kappa shape index (κ3) is 3.80. The van der Waals surface area contributed by atoms with Gasteiger partial charge < -0.3 is 14.5 Å². The van der Waals surface area contributed by atoms with Crippen LogP contribution >= 0.6 is 15.9 Å². The van der Waals surface area contributed by atoms with Gasteiger partial charge in [0.25, 0.3) is 5.91 Å². The minimum absolute atomic E-state index is 0.161. The van der Waals surface area contributed by atoms with Gasteiger partial charge in [-0.1, -0.05) is 22.0 Å². The summed E-state index contributed by atoms with van der Waals surface area (Å²) >= 11 is 3.34. The Morgan fingerprint density at radius 2 is 2.00 bits per heavy atom. The molecule has 0 unspecified atom stereocenters. The van der Waals surface area contributed by atoms with Crippen LogP contribution in [0.15, 0.2) is 57.4 Å². The summed E-state index contributed by atoms with van der Waals surface area (Å²) in [5, 5.41) is 10.7. The summed E-state index contributed by atoms with van der Waals surface area (Å²) in [4.78, 5) is 12.1. The first-order valence-corrected chi connectivity index (χ1v) is 7.95. The molecule has 6 nitrogen and oxygen atoms in total. The minimum atomic E-state index is -0.208. The van der Waals surface area contributed by atoms with Crippen LogP contribution in [0.3, 0.4) is 0 Å². The Hall–Kier alpha value is -2.67. The van der Waals surface area contributed by atoms with E-state index in [4.69, 9.17) is 9.15 Å². The van der Waals surface area contributed by atoms with Gasteiger partial charge in [-0.3, -0.25) is 4.79 Å². The van der Waals surface area contributed by atoms with Gasteiger partial charge in [-0.25, -0.2) is 0 Å². The number of nitrogens with zero attached hydrogens (tertiary/aromatic N) is 2. The number of aromatic nitrogens is 2. The largest absolute Gasteiger partial charge is 0.497 e. The number of carbonyl (C=O) groups excluding carboxylic acids is 1. The zero-order chi connectivity index (χ0) is 16.9. The Morgan fingerprint density at radius 3 is 2.71 bits per heavy atom. The maximum absolute atomic E-state index is 12.1. The van der Waals surface area contributed by atoms with Crippen molar-refractivity contribution in [3.05, 3.63) is 64.5 Å². The Bertz CT molecular complexity index is 846. The average molecular weight is 388 g/mol. The topological polar surface area (TPSA) is 77.3 Å². The molecule has 7 heteroatoms. The van der Waals surface area contributed by atoms with Crippen molar-refractivity contribution in [2.24, 2.45) is 0 Å². The summed E-state index contributed by atoms with van der Waals surface area (Å²) in [6.07, 6.45) is 0. The maximum Gasteiger partial charge on any atom is 0.251 e. The van der Waals surface area contributed by atoms with Gasteiger partial charge in [0.2, 0.25) is 11.8 Å². The first-order chi connectivity index (χ1) is 11.7. The molecule has 1 heterocycles. The lowest BCUT2D eigenvalue weighted by Crippen LogP contribution is -2.22. The van der Waals surface area contributed by atoms with Crippen molar-refractivity contribution in [1.82, 2.24) is 15.5 Å². The molecule has 0 saturated carbocycles. The molecule has 0 radical (unpaired) electrons. The van der Waals surface area contributed by atoms with Crippen LogP contribution in [0.2, 0.25) is 0 Å². The number of halogens is 1. The molecule has 0 aliphatic rings. The molecule has 0 aliphatic carbocycles. The van der Waals surface area contributed by atoms with Gasteiger partial charge in [0.1, 0.15) is 5.75 Å². The molecule has 0 bridgehead atoms. The second kappa shape index (κ2) is 7.27. The van der Waals surface area contributed by atoms with Crippen molar-refractivity contribution in [2.45, 2.75) is 6.54 Å². The Labute approximate surface area is 147 Å². The maximum atomic E-state index is 12.1. The highest BCUT2D eigenvalue weighted by Gasteiger charge is 2.11. The zero-order valence-corrected chi connectivity index (χ0v) is 14.4. The van der Waals surface area contributed by atoms with Gasteiger partial charge >= 0.3 is 0 Å². The lowest BCUT2D eigenvalue weighted by molar-refractivity contribution is 0.0947. The third-order valence-corrected chi connectivity index (χ3v) is 3.78. The van der Waals surface area contributed by atoms with E-state index in [1.807, 2.05) is 30.3 Å². The monoisotopic (exact) mass is 387 g/mol. The minimum Gasteiger partial charge on any atom is -0.497 e. The number of benzene rings is 2. The molecular formula is C17H14BrN3O3. The molecule has 24 heavy (non-hydrogen) atoms. The smallest absolute Gasteiger partial charge is 0.251 e. The number of rotatable bonds is 5. The summed E-state index contributed by atoms with van der Waals surface area (Å²) in [5.41, 5.74) is 1.34. The van der Waals surface area contributed by atoms with Crippen LogP contribution in [0.25, 0.3) is 11.5 Å². The van der Waals surface area contributed by atoms with E-state index in [0.717, 1.165) is 15.8 Å². The molecule has 1 amide bonds. The van der Waals surface area contributed by atoms with Crippen molar-refractivity contribution < 1.29 is 13.9 Å². The van der Waals surface area contributed by atoms with Crippen LogP contribution < -0.4 is 10.1 Å². The summed E-state index contributed by atoms with van der Waals surface area (Å²) in [7, 11) is 1.60. The normalized spacial score (nSPS) is 10.4. The molecule has 1 N–H and O–H groups in total. The number of carbonyl (C=O) groups is 1. The lowest BCUT2D eigenvalue weighted by Gasteiger charge is -2.02. The molecule has 1 aromatic heterocycles. The predicted octanol–water partition coefficient (Wildman–Crippen LogP) is 3.44. The van der Waals surface area contributed by atoms with Gasteiger partial charge in [-0.2, -0.15) is 0 Å². The lowest BCUT2D eigenvalue weighted by atomic mass is 10.2. The molecule has 0 aliphatic heterocycles. The summed E-state index contributed by atoms with van der Waals surface area (Å²) in [6.45, 7) is 0.161. The van der Waals surface area contributed by atoms with Gasteiger partial charge in [-0.05, 0) is 42.5 Å². The number of hydrogen-bond acceptors (Lipinski definition) is 5. The number of methoxy groups -OCH3 is 1. The predicted molar refractivity (Wildman–Crippen MR) is 91.6 cm³/mol. The van der Waals surface area contributed by atoms with E-state index in [2.05, 4.69) is 31.4 Å². The number of hydrogen-bond donors (Lipinski definition) is 1. The van der Waals surface area contributed by atoms with E-state index in [1.165, 1.54) is 0 Å². The SMILES string of the molecule is COc1ccc(-c2nnc(CNC(=O)c3cccc(Br)c3)o2)cc1. The fourth-order valence-corrected chi connectivity index (χ4v) is 2.46. The van der Waals surface area contributed by atoms with Crippen LogP contribution in [0.1, 0.15) is 16.2 Å². The van der Waals surface area contributed by atoms with Crippen LogP contribution in [0.5, 0.6) is 5.75 Å². The standard InChI is InChI=1S/C17H14BrN3O3/c1-23-14-7-5-11(6-8-14)17-21-20-15(24-17)10-19-16(22)12-3-2-4-13(18)9-12/h2-9H,10H2,1H3,(H,19,22). The Kier molecular flexibility index (Phi) is 4.90. The van der Waals surface area contributed by atoms with E-state index in [9.17, 15) is 4.79 Å². The first kappa shape index (κ1) is 16.2. The van der Waals surface area contributed by atoms with Crippen molar-refractivity contribution in [1.29, 1.82) is 0 Å². The fourth-order valence-electron chi connectivity index (χ4n) is 2.06. The van der Waals surface area contributed by atoms with Crippen molar-refractivity contribution in [3.8, 4) is 17.2 Å². The summed E-state index contributed by atoms with van der Waals surface area (Å²) in [6, 6.07) is 14.4. The number of nitrogens with one attached hydrogen (secondary N) is 1. The van der Waals surface area contributed by atoms with E-state index in [0.29, 0.717) is 17.3 Å². The molecule has 0 saturated heterocycles. The Morgan fingerprint density at radius 1 is 1.21 bits per heavy atom. The highest BCUT2D eigenvalue weighted by atomic mass is 79.9. The van der Waals surface area contributed by atoms with Crippen molar-refractivity contribution in [2.75, 3.05) is 7.11 Å². The highest BCUT2D eigenvalue weighted by molar-refractivity contribution is 9.10. The van der Waals surface area contributed by atoms with Gasteiger partial charge in [0.05, 0.1) is 13.7 Å². The zero-order valence-electron chi connectivity index (χ0n) is 12.8. The van der Waals surface area contributed by atoms with E-state index in [1.54, 1.807) is 25.3 Å². The number of ether oxygens (including phenoxy) is 1. The van der Waals surface area contributed by atoms with E-state index < -0.39 is 0 Å². The molecule has 3 aromatic rings. The first-order valence-electron chi connectivity index (χ1n) is 7.16. The highest BCUT2D eigenvalue weighted by Crippen LogP contribution is 2.21. The fraction of sp³-hybridized carbons (Fsp3) is 0.118. The van der Waals surface area contributed by atoms with Gasteiger partial charge in [0, 0.05) is 15.6 Å². The second-order valence-corrected chi connectivity index (χ2v) is 5.84. The molecule has 0 spiro atoms. The van der Waals surface area contributed by atoms with E-state index in [-0.39, 0.29) is 12.5 Å².